The topological polar surface area (TPSA) is 0 Å². The highest BCUT2D eigenvalue weighted by Gasteiger charge is 2.18. The summed E-state index contributed by atoms with van der Waals surface area (Å²) in [5, 5.41) is 0.0111. The number of benzene rings is 2. The van der Waals surface area contributed by atoms with Crippen LogP contribution in [-0.2, 0) is 6.42 Å². The molecule has 0 fully saturated rings. The Morgan fingerprint density at radius 3 is 2.53 bits per heavy atom. The third-order valence-corrected chi connectivity index (χ3v) is 4.06. The van der Waals surface area contributed by atoms with E-state index in [2.05, 4.69) is 13.0 Å². The van der Waals surface area contributed by atoms with Gasteiger partial charge < -0.3 is 0 Å². The molecule has 0 spiro atoms. The molecule has 0 saturated carbocycles. The summed E-state index contributed by atoms with van der Waals surface area (Å²) in [4.78, 5) is 0. The van der Waals surface area contributed by atoms with Crippen LogP contribution in [0.25, 0.3) is 0 Å². The quantitative estimate of drug-likeness (QED) is 0.639. The van der Waals surface area contributed by atoms with Crippen LogP contribution in [0.15, 0.2) is 36.4 Å². The van der Waals surface area contributed by atoms with Gasteiger partial charge in [-0.2, -0.15) is 0 Å². The van der Waals surface area contributed by atoms with E-state index in [9.17, 15) is 4.39 Å². The zero-order valence-corrected chi connectivity index (χ0v) is 12.4. The van der Waals surface area contributed by atoms with Gasteiger partial charge in [-0.05, 0) is 47.7 Å². The normalized spacial score (nSPS) is 12.5. The van der Waals surface area contributed by atoms with Crippen LogP contribution in [0, 0.1) is 12.7 Å². The van der Waals surface area contributed by atoms with Crippen LogP contribution in [0.2, 0.25) is 5.02 Å². The van der Waals surface area contributed by atoms with Crippen LogP contribution in [0.1, 0.15) is 34.6 Å². The van der Waals surface area contributed by atoms with E-state index in [-0.39, 0.29) is 11.2 Å². The Kier molecular flexibility index (Phi) is 4.49. The van der Waals surface area contributed by atoms with Crippen LogP contribution in [-0.4, -0.2) is 0 Å². The molecule has 2 aromatic rings. The Morgan fingerprint density at radius 2 is 1.84 bits per heavy atom. The van der Waals surface area contributed by atoms with Crippen molar-refractivity contribution in [3.8, 4) is 0 Å². The molecule has 0 aliphatic rings. The van der Waals surface area contributed by atoms with Crippen LogP contribution >= 0.6 is 23.2 Å². The van der Waals surface area contributed by atoms with Crippen molar-refractivity contribution >= 4 is 23.2 Å². The molecule has 1 unspecified atom stereocenters. The molecule has 19 heavy (non-hydrogen) atoms. The summed E-state index contributed by atoms with van der Waals surface area (Å²) in [6, 6.07) is 11.0. The van der Waals surface area contributed by atoms with E-state index < -0.39 is 0 Å². The Hall–Kier alpha value is -1.05. The number of aryl methyl sites for hydroxylation is 2. The summed E-state index contributed by atoms with van der Waals surface area (Å²) < 4.78 is 13.4. The van der Waals surface area contributed by atoms with Gasteiger partial charge in [-0.3, -0.25) is 0 Å². The van der Waals surface area contributed by atoms with Crippen LogP contribution in [0.5, 0.6) is 0 Å². The second-order valence-corrected chi connectivity index (χ2v) is 5.38. The predicted octanol–water partition coefficient (Wildman–Crippen LogP) is 5.68. The first-order valence-electron chi connectivity index (χ1n) is 6.22. The van der Waals surface area contributed by atoms with E-state index in [0.29, 0.717) is 10.6 Å². The monoisotopic (exact) mass is 296 g/mol. The average molecular weight is 297 g/mol. The molecule has 1 atom stereocenters. The van der Waals surface area contributed by atoms with E-state index in [1.165, 1.54) is 11.6 Å². The number of hydrogen-bond donors (Lipinski definition) is 0. The molecule has 3 heteroatoms. The second-order valence-electron chi connectivity index (χ2n) is 4.54. The average Bonchev–Trinajstić information content (AvgIpc) is 2.42. The van der Waals surface area contributed by atoms with Crippen molar-refractivity contribution in [3.05, 3.63) is 69.5 Å². The first-order chi connectivity index (χ1) is 9.04. The fraction of sp³-hybridized carbons (Fsp3) is 0.250. The summed E-state index contributed by atoms with van der Waals surface area (Å²) in [6.07, 6.45) is 0.900. The van der Waals surface area contributed by atoms with Crippen LogP contribution < -0.4 is 0 Å². The zero-order valence-electron chi connectivity index (χ0n) is 10.9. The smallest absolute Gasteiger partial charge is 0.127 e. The summed E-state index contributed by atoms with van der Waals surface area (Å²) in [7, 11) is 0. The maximum absolute atomic E-state index is 13.4. The molecule has 2 aromatic carbocycles. The molecule has 100 valence electrons. The third-order valence-electron chi connectivity index (χ3n) is 3.26. The van der Waals surface area contributed by atoms with E-state index in [4.69, 9.17) is 23.2 Å². The maximum Gasteiger partial charge on any atom is 0.127 e. The molecule has 0 bridgehead atoms. The van der Waals surface area contributed by atoms with Gasteiger partial charge in [0.25, 0.3) is 0 Å². The minimum Gasteiger partial charge on any atom is -0.207 e. The SMILES string of the molecule is CCc1ccccc1C(Cl)c1cc(C)c(F)cc1Cl. The highest BCUT2D eigenvalue weighted by atomic mass is 35.5. The highest BCUT2D eigenvalue weighted by molar-refractivity contribution is 6.33. The Morgan fingerprint density at radius 1 is 1.16 bits per heavy atom. The molecule has 0 radical (unpaired) electrons. The Labute approximate surface area is 123 Å². The lowest BCUT2D eigenvalue weighted by atomic mass is 9.97. The van der Waals surface area contributed by atoms with Gasteiger partial charge in [0, 0.05) is 5.02 Å². The minimum atomic E-state index is -0.358. The van der Waals surface area contributed by atoms with E-state index >= 15 is 0 Å². The van der Waals surface area contributed by atoms with Gasteiger partial charge in [0.1, 0.15) is 5.82 Å². The number of halogens is 3. The van der Waals surface area contributed by atoms with Gasteiger partial charge in [0.15, 0.2) is 0 Å². The summed E-state index contributed by atoms with van der Waals surface area (Å²) in [6.45, 7) is 3.80. The predicted molar refractivity (Wildman–Crippen MR) is 79.7 cm³/mol. The van der Waals surface area contributed by atoms with Crippen molar-refractivity contribution < 1.29 is 4.39 Å². The highest BCUT2D eigenvalue weighted by Crippen LogP contribution is 2.36. The lowest BCUT2D eigenvalue weighted by molar-refractivity contribution is 0.617. The van der Waals surface area contributed by atoms with E-state index in [0.717, 1.165) is 17.5 Å². The summed E-state index contributed by atoms with van der Waals surface area (Å²) in [5.74, 6) is -0.304. The van der Waals surface area contributed by atoms with Crippen LogP contribution in [0.3, 0.4) is 0 Å². The molecule has 0 saturated heterocycles. The molecule has 0 nitrogen and oxygen atoms in total. The first kappa shape index (κ1) is 14.4. The van der Waals surface area contributed by atoms with Gasteiger partial charge in [0.2, 0.25) is 0 Å². The zero-order chi connectivity index (χ0) is 14.0. The summed E-state index contributed by atoms with van der Waals surface area (Å²) in [5.41, 5.74) is 3.52. The van der Waals surface area contributed by atoms with E-state index in [1.54, 1.807) is 13.0 Å². The fourth-order valence-electron chi connectivity index (χ4n) is 2.14. The third kappa shape index (κ3) is 2.93. The van der Waals surface area contributed by atoms with Gasteiger partial charge in [-0.15, -0.1) is 11.6 Å². The van der Waals surface area contributed by atoms with Crippen molar-refractivity contribution in [2.45, 2.75) is 25.6 Å². The second kappa shape index (κ2) is 5.94. The number of alkyl halides is 1. The molecule has 0 aromatic heterocycles. The molecular weight excluding hydrogens is 282 g/mol. The van der Waals surface area contributed by atoms with Crippen molar-refractivity contribution in [2.24, 2.45) is 0 Å². The number of hydrogen-bond acceptors (Lipinski definition) is 0. The first-order valence-corrected chi connectivity index (χ1v) is 7.03. The lowest BCUT2D eigenvalue weighted by Crippen LogP contribution is -2.00. The van der Waals surface area contributed by atoms with Gasteiger partial charge in [0.05, 0.1) is 5.38 Å². The van der Waals surface area contributed by atoms with Gasteiger partial charge >= 0.3 is 0 Å². The van der Waals surface area contributed by atoms with Gasteiger partial charge in [-0.25, -0.2) is 4.39 Å². The standard InChI is InChI=1S/C16H15Cl2F/c1-3-11-6-4-5-7-12(11)16(18)13-8-10(2)15(19)9-14(13)17/h4-9,16H,3H2,1-2H3. The fourth-order valence-corrected chi connectivity index (χ4v) is 2.85. The molecule has 0 heterocycles. The van der Waals surface area contributed by atoms with Crippen molar-refractivity contribution in [1.82, 2.24) is 0 Å². The largest absolute Gasteiger partial charge is 0.207 e. The molecule has 0 amide bonds. The molecule has 2 rings (SSSR count). The Balaban J connectivity index is 2.50. The lowest BCUT2D eigenvalue weighted by Gasteiger charge is -2.16. The molecular formula is C16H15Cl2F. The van der Waals surface area contributed by atoms with Crippen molar-refractivity contribution in [2.75, 3.05) is 0 Å². The van der Waals surface area contributed by atoms with Crippen molar-refractivity contribution in [3.63, 3.8) is 0 Å². The van der Waals surface area contributed by atoms with Crippen LogP contribution in [0.4, 0.5) is 4.39 Å². The Bertz CT molecular complexity index is 593. The van der Waals surface area contributed by atoms with Gasteiger partial charge in [-0.1, -0.05) is 42.8 Å². The maximum atomic E-state index is 13.4. The molecule has 0 aliphatic carbocycles. The molecule has 0 aliphatic heterocycles. The minimum absolute atomic E-state index is 0.304. The number of rotatable bonds is 3. The molecule has 0 N–H and O–H groups in total. The summed E-state index contributed by atoms with van der Waals surface area (Å²) >= 11 is 12.7. The van der Waals surface area contributed by atoms with E-state index in [1.807, 2.05) is 18.2 Å². The van der Waals surface area contributed by atoms with Crippen molar-refractivity contribution in [1.29, 1.82) is 0 Å².